The molecule has 1 atom stereocenters. The Bertz CT molecular complexity index is 946. The van der Waals surface area contributed by atoms with Crippen LogP contribution in [-0.2, 0) is 4.79 Å². The quantitative estimate of drug-likeness (QED) is 0.392. The molecule has 0 saturated carbocycles. The van der Waals surface area contributed by atoms with Gasteiger partial charge in [-0.25, -0.2) is 9.97 Å². The summed E-state index contributed by atoms with van der Waals surface area (Å²) in [6, 6.07) is 7.77. The van der Waals surface area contributed by atoms with Gasteiger partial charge in [-0.2, -0.15) is 0 Å². The van der Waals surface area contributed by atoms with Crippen LogP contribution in [0.5, 0.6) is 0 Å². The molecule has 25 heavy (non-hydrogen) atoms. The highest BCUT2D eigenvalue weighted by Crippen LogP contribution is 2.34. The van der Waals surface area contributed by atoms with Crippen LogP contribution in [0.15, 0.2) is 40.9 Å². The van der Waals surface area contributed by atoms with Gasteiger partial charge < -0.3 is 5.32 Å². The van der Waals surface area contributed by atoms with E-state index in [2.05, 4.69) is 15.3 Å². The number of aromatic nitrogens is 2. The monoisotopic (exact) mass is 394 g/mol. The molecule has 1 N–H and O–H groups in total. The lowest BCUT2D eigenvalue weighted by molar-refractivity contribution is -0.384. The van der Waals surface area contributed by atoms with Gasteiger partial charge in [0.2, 0.25) is 5.91 Å². The number of fused-ring (bicyclic) bond motifs is 1. The number of hydrogen-bond acceptors (Lipinski definition) is 7. The number of nitro benzene ring substituents is 1. The first-order valence-corrected chi connectivity index (χ1v) is 9.14. The van der Waals surface area contributed by atoms with E-state index in [0.717, 1.165) is 0 Å². The van der Waals surface area contributed by atoms with Gasteiger partial charge in [0.15, 0.2) is 4.34 Å². The number of pyridine rings is 1. The molecule has 0 spiro atoms. The van der Waals surface area contributed by atoms with Gasteiger partial charge in [-0.15, -0.1) is 11.3 Å². The lowest BCUT2D eigenvalue weighted by atomic mass is 10.3. The van der Waals surface area contributed by atoms with Gasteiger partial charge in [0, 0.05) is 18.3 Å². The molecule has 0 fully saturated rings. The zero-order valence-electron chi connectivity index (χ0n) is 12.8. The lowest BCUT2D eigenvalue weighted by Gasteiger charge is -2.09. The first-order valence-electron chi connectivity index (χ1n) is 7.06. The summed E-state index contributed by atoms with van der Waals surface area (Å²) >= 11 is 8.36. The van der Waals surface area contributed by atoms with Crippen LogP contribution in [0.2, 0.25) is 5.02 Å². The van der Waals surface area contributed by atoms with Crippen molar-refractivity contribution in [1.82, 2.24) is 9.97 Å². The summed E-state index contributed by atoms with van der Waals surface area (Å²) in [5.41, 5.74) is 0.692. The van der Waals surface area contributed by atoms with Crippen molar-refractivity contribution in [2.75, 3.05) is 5.32 Å². The van der Waals surface area contributed by atoms with Crippen LogP contribution in [0.4, 0.5) is 11.5 Å². The second kappa shape index (κ2) is 7.34. The standard InChI is InChI=1S/C15H11ClN4O3S2/c1-8(14(21)19-13-5-2-9(16)7-17-13)24-15-18-11-4-3-10(20(22)23)6-12(11)25-15/h2-8H,1H3,(H,17,19,21)/t8-/m0/s1. The van der Waals surface area contributed by atoms with Crippen molar-refractivity contribution in [3.63, 3.8) is 0 Å². The molecule has 3 aromatic rings. The maximum Gasteiger partial charge on any atom is 0.270 e. The largest absolute Gasteiger partial charge is 0.310 e. The van der Waals surface area contributed by atoms with Crippen molar-refractivity contribution in [3.8, 4) is 0 Å². The summed E-state index contributed by atoms with van der Waals surface area (Å²) in [5, 5.41) is 13.6. The average molecular weight is 395 g/mol. The average Bonchev–Trinajstić information content (AvgIpc) is 2.98. The van der Waals surface area contributed by atoms with Crippen LogP contribution in [-0.4, -0.2) is 26.0 Å². The number of benzene rings is 1. The van der Waals surface area contributed by atoms with E-state index in [1.807, 2.05) is 0 Å². The first kappa shape index (κ1) is 17.6. The van der Waals surface area contributed by atoms with E-state index in [-0.39, 0.29) is 11.6 Å². The molecule has 0 bridgehead atoms. The Morgan fingerprint density at radius 2 is 2.20 bits per heavy atom. The summed E-state index contributed by atoms with van der Waals surface area (Å²) in [6.45, 7) is 1.75. The Balaban J connectivity index is 1.70. The summed E-state index contributed by atoms with van der Waals surface area (Å²) < 4.78 is 1.38. The molecule has 1 amide bonds. The van der Waals surface area contributed by atoms with E-state index in [4.69, 9.17) is 11.6 Å². The van der Waals surface area contributed by atoms with Crippen molar-refractivity contribution in [3.05, 3.63) is 51.7 Å². The zero-order chi connectivity index (χ0) is 18.0. The third kappa shape index (κ3) is 4.25. The number of amides is 1. The van der Waals surface area contributed by atoms with Crippen molar-refractivity contribution >= 4 is 62.3 Å². The van der Waals surface area contributed by atoms with E-state index >= 15 is 0 Å². The molecule has 1 aromatic carbocycles. The van der Waals surface area contributed by atoms with Crippen molar-refractivity contribution in [2.24, 2.45) is 0 Å². The normalized spacial score (nSPS) is 12.1. The zero-order valence-corrected chi connectivity index (χ0v) is 15.2. The van der Waals surface area contributed by atoms with Crippen molar-refractivity contribution < 1.29 is 9.72 Å². The fraction of sp³-hybridized carbons (Fsp3) is 0.133. The molecule has 0 aliphatic rings. The second-order valence-corrected chi connectivity index (χ2v) is 8.05. The van der Waals surface area contributed by atoms with E-state index in [0.29, 0.717) is 25.4 Å². The van der Waals surface area contributed by atoms with Gasteiger partial charge in [-0.3, -0.25) is 14.9 Å². The van der Waals surface area contributed by atoms with Crippen LogP contribution in [0, 0.1) is 10.1 Å². The molecular weight excluding hydrogens is 384 g/mol. The number of nitro groups is 1. The number of carbonyl (C=O) groups is 1. The van der Waals surface area contributed by atoms with Gasteiger partial charge in [0.05, 0.1) is 25.4 Å². The minimum atomic E-state index is -0.443. The molecule has 0 aliphatic heterocycles. The van der Waals surface area contributed by atoms with Crippen molar-refractivity contribution in [2.45, 2.75) is 16.5 Å². The molecule has 0 saturated heterocycles. The Morgan fingerprint density at radius 1 is 1.40 bits per heavy atom. The topological polar surface area (TPSA) is 98.0 Å². The molecular formula is C15H11ClN4O3S2. The smallest absolute Gasteiger partial charge is 0.270 e. The SMILES string of the molecule is C[C@H](Sc1nc2ccc([N+](=O)[O-])cc2s1)C(=O)Nc1ccc(Cl)cn1. The highest BCUT2D eigenvalue weighted by atomic mass is 35.5. The number of halogens is 1. The number of nitrogens with zero attached hydrogens (tertiary/aromatic N) is 3. The fourth-order valence-electron chi connectivity index (χ4n) is 1.94. The highest BCUT2D eigenvalue weighted by molar-refractivity contribution is 8.02. The van der Waals surface area contributed by atoms with Crippen LogP contribution in [0.1, 0.15) is 6.92 Å². The van der Waals surface area contributed by atoms with Gasteiger partial charge in [0.25, 0.3) is 5.69 Å². The molecule has 10 heteroatoms. The van der Waals surface area contributed by atoms with Gasteiger partial charge in [-0.1, -0.05) is 23.4 Å². The molecule has 0 unspecified atom stereocenters. The van der Waals surface area contributed by atoms with Crippen molar-refractivity contribution in [1.29, 1.82) is 0 Å². The maximum atomic E-state index is 12.2. The Morgan fingerprint density at radius 3 is 2.88 bits per heavy atom. The van der Waals surface area contributed by atoms with E-state index in [9.17, 15) is 14.9 Å². The molecule has 3 rings (SSSR count). The minimum absolute atomic E-state index is 0.0207. The Kier molecular flexibility index (Phi) is 5.16. The summed E-state index contributed by atoms with van der Waals surface area (Å²) in [4.78, 5) is 31.0. The van der Waals surface area contributed by atoms with E-state index in [1.54, 1.807) is 25.1 Å². The first-order chi connectivity index (χ1) is 11.9. The molecule has 7 nitrogen and oxygen atoms in total. The number of anilines is 1. The molecule has 128 valence electrons. The highest BCUT2D eigenvalue weighted by Gasteiger charge is 2.18. The number of thiazole rings is 1. The number of carbonyl (C=O) groups excluding carboxylic acids is 1. The minimum Gasteiger partial charge on any atom is -0.310 e. The van der Waals surface area contributed by atoms with Crippen LogP contribution in [0.3, 0.4) is 0 Å². The summed E-state index contributed by atoms with van der Waals surface area (Å²) in [5.74, 6) is 0.201. The lowest BCUT2D eigenvalue weighted by Crippen LogP contribution is -2.22. The number of rotatable bonds is 5. The van der Waals surface area contributed by atoms with Crippen LogP contribution >= 0.6 is 34.7 Å². The van der Waals surface area contributed by atoms with E-state index < -0.39 is 10.2 Å². The number of hydrogen-bond donors (Lipinski definition) is 1. The molecule has 2 heterocycles. The van der Waals surface area contributed by atoms with Crippen LogP contribution in [0.25, 0.3) is 10.2 Å². The summed E-state index contributed by atoms with van der Waals surface area (Å²) in [6.07, 6.45) is 1.45. The Hall–Kier alpha value is -2.23. The second-order valence-electron chi connectivity index (χ2n) is 5.00. The Labute approximate surface area is 155 Å². The maximum absolute atomic E-state index is 12.2. The predicted molar refractivity (Wildman–Crippen MR) is 99.5 cm³/mol. The molecule has 0 aliphatic carbocycles. The molecule has 0 radical (unpaired) electrons. The van der Waals surface area contributed by atoms with Crippen LogP contribution < -0.4 is 5.32 Å². The predicted octanol–water partition coefficient (Wildman–Crippen LogP) is 4.37. The number of thioether (sulfide) groups is 1. The third-order valence-electron chi connectivity index (χ3n) is 3.19. The van der Waals surface area contributed by atoms with Gasteiger partial charge in [-0.05, 0) is 25.1 Å². The number of non-ortho nitro benzene ring substituents is 1. The number of nitrogens with one attached hydrogen (secondary N) is 1. The summed E-state index contributed by atoms with van der Waals surface area (Å²) in [7, 11) is 0. The fourth-order valence-corrected chi connectivity index (χ4v) is 4.29. The van der Waals surface area contributed by atoms with Gasteiger partial charge >= 0.3 is 0 Å². The molecule has 2 aromatic heterocycles. The third-order valence-corrected chi connectivity index (χ3v) is 5.62. The van der Waals surface area contributed by atoms with Gasteiger partial charge in [0.1, 0.15) is 5.82 Å². The van der Waals surface area contributed by atoms with E-state index in [1.165, 1.54) is 41.4 Å².